The van der Waals surface area contributed by atoms with E-state index in [1.54, 1.807) is 0 Å². The summed E-state index contributed by atoms with van der Waals surface area (Å²) in [4.78, 5) is 45.6. The van der Waals surface area contributed by atoms with Crippen molar-refractivity contribution in [3.8, 4) is 0 Å². The van der Waals surface area contributed by atoms with E-state index in [1.165, 1.54) is 17.5 Å². The number of hydrogen-bond donors (Lipinski definition) is 2. The molecule has 2 aliphatic heterocycles. The Hall–Kier alpha value is -1.83. The first-order valence-electron chi connectivity index (χ1n) is 15.2. The molecule has 9 heteroatoms. The Kier molecular flexibility index (Phi) is 12.2. The van der Waals surface area contributed by atoms with Crippen LogP contribution < -0.4 is 10.6 Å². The number of amides is 3. The lowest BCUT2D eigenvalue weighted by molar-refractivity contribution is -0.149. The average molecular weight is 596 g/mol. The highest BCUT2D eigenvalue weighted by molar-refractivity contribution is 5.93. The van der Waals surface area contributed by atoms with Gasteiger partial charge in [0.25, 0.3) is 0 Å². The maximum Gasteiger partial charge on any atom is 0.246 e. The monoisotopic (exact) mass is 594 g/mol. The molecule has 2 saturated heterocycles. The number of piperazine rings is 1. The lowest BCUT2D eigenvalue weighted by Crippen LogP contribution is -2.66. The third-order valence-electron chi connectivity index (χ3n) is 9.71. The largest absolute Gasteiger partial charge is 0.347 e. The smallest absolute Gasteiger partial charge is 0.246 e. The van der Waals surface area contributed by atoms with Crippen molar-refractivity contribution in [1.29, 1.82) is 0 Å². The van der Waals surface area contributed by atoms with E-state index in [4.69, 9.17) is 0 Å². The molecule has 3 fully saturated rings. The minimum absolute atomic E-state index is 0. The minimum Gasteiger partial charge on any atom is -0.347 e. The van der Waals surface area contributed by atoms with E-state index in [0.717, 1.165) is 70.8 Å². The quantitative estimate of drug-likeness (QED) is 0.474. The number of carbonyl (C=O) groups excluding carboxylic acids is 3. The van der Waals surface area contributed by atoms with Crippen LogP contribution in [0.2, 0.25) is 0 Å². The van der Waals surface area contributed by atoms with Gasteiger partial charge in [0.15, 0.2) is 0 Å². The first-order chi connectivity index (χ1) is 18.5. The molecule has 224 valence electrons. The molecule has 0 spiro atoms. The zero-order chi connectivity index (χ0) is 26.6. The van der Waals surface area contributed by atoms with Crippen LogP contribution in [-0.2, 0) is 20.8 Å². The van der Waals surface area contributed by atoms with Gasteiger partial charge in [-0.25, -0.2) is 0 Å². The Bertz CT molecular complexity index is 1020. The van der Waals surface area contributed by atoms with Crippen molar-refractivity contribution in [3.63, 3.8) is 0 Å². The highest BCUT2D eigenvalue weighted by atomic mass is 35.5. The Balaban J connectivity index is 0.00000220. The number of carbonyl (C=O) groups is 3. The molecule has 2 heterocycles. The van der Waals surface area contributed by atoms with Gasteiger partial charge >= 0.3 is 0 Å². The minimum atomic E-state index is -0.546. The Morgan fingerprint density at radius 3 is 2.45 bits per heavy atom. The molecule has 0 radical (unpaired) electrons. The summed E-state index contributed by atoms with van der Waals surface area (Å²) in [6.07, 6.45) is 11.2. The van der Waals surface area contributed by atoms with Gasteiger partial charge in [0, 0.05) is 25.0 Å². The van der Waals surface area contributed by atoms with Gasteiger partial charge in [-0.3, -0.25) is 19.3 Å². The van der Waals surface area contributed by atoms with E-state index in [2.05, 4.69) is 33.7 Å². The predicted octanol–water partition coefficient (Wildman–Crippen LogP) is 4.81. The topological polar surface area (TPSA) is 81.8 Å². The highest BCUT2D eigenvalue weighted by Gasteiger charge is 2.45. The number of hydrogen-bond acceptors (Lipinski definition) is 4. The molecule has 1 aromatic carbocycles. The molecule has 4 aliphatic rings. The first kappa shape index (κ1) is 32.7. The number of nitrogens with one attached hydrogen (secondary N) is 2. The molecule has 5 atom stereocenters. The van der Waals surface area contributed by atoms with Gasteiger partial charge in [0.05, 0.1) is 6.04 Å². The number of aryl methyl sites for hydroxylation is 1. The van der Waals surface area contributed by atoms with Gasteiger partial charge < -0.3 is 15.5 Å². The maximum absolute atomic E-state index is 14.4. The van der Waals surface area contributed by atoms with Crippen LogP contribution in [0.5, 0.6) is 0 Å². The number of nitrogens with zero attached hydrogens (tertiary/aromatic N) is 2. The number of fused-ring (bicyclic) bond motifs is 2. The van der Waals surface area contributed by atoms with E-state index >= 15 is 0 Å². The van der Waals surface area contributed by atoms with Crippen LogP contribution in [-0.4, -0.2) is 65.3 Å². The SMILES string of the molecule is CC[C@@H](C)C(=O)N[C@H](C(=O)N1C[C@@H]2CCCN2C[C@H]1C(=O)N[C@@H]1CCCc2ccccc21)C1CCCCC1.Cl.Cl. The molecule has 3 amide bonds. The zero-order valence-electron chi connectivity index (χ0n) is 24.1. The molecule has 40 heavy (non-hydrogen) atoms. The van der Waals surface area contributed by atoms with Crippen LogP contribution in [0.3, 0.4) is 0 Å². The average Bonchev–Trinajstić information content (AvgIpc) is 3.42. The predicted molar refractivity (Wildman–Crippen MR) is 163 cm³/mol. The molecular formula is C31H48Cl2N4O3. The van der Waals surface area contributed by atoms with Crippen molar-refractivity contribution in [3.05, 3.63) is 35.4 Å². The summed E-state index contributed by atoms with van der Waals surface area (Å²) in [7, 11) is 0. The van der Waals surface area contributed by atoms with Crippen LogP contribution in [0, 0.1) is 11.8 Å². The fourth-order valence-electron chi connectivity index (χ4n) is 7.17. The summed E-state index contributed by atoms with van der Waals surface area (Å²) < 4.78 is 0. The van der Waals surface area contributed by atoms with E-state index in [0.29, 0.717) is 19.1 Å². The number of benzene rings is 1. The van der Waals surface area contributed by atoms with Crippen LogP contribution in [0.1, 0.15) is 95.2 Å². The second kappa shape index (κ2) is 14.9. The summed E-state index contributed by atoms with van der Waals surface area (Å²) in [5, 5.41) is 6.52. The second-order valence-electron chi connectivity index (χ2n) is 12.1. The van der Waals surface area contributed by atoms with Gasteiger partial charge in [0.2, 0.25) is 17.7 Å². The number of halogens is 2. The van der Waals surface area contributed by atoms with Crippen molar-refractivity contribution >= 4 is 42.5 Å². The molecule has 0 bridgehead atoms. The van der Waals surface area contributed by atoms with Gasteiger partial charge in [-0.1, -0.05) is 57.4 Å². The lowest BCUT2D eigenvalue weighted by Gasteiger charge is -2.45. The van der Waals surface area contributed by atoms with Crippen LogP contribution in [0.25, 0.3) is 0 Å². The molecule has 2 aliphatic carbocycles. The standard InChI is InChI=1S/C31H46N4O3.2ClH/c1-3-21(2)29(36)33-28(23-12-5-4-6-13-23)31(38)35-19-24-15-10-18-34(24)20-27(35)30(37)32-26-17-9-14-22-11-7-8-16-25(22)26;;/h7-8,11,16,21,23-24,26-28H,3-6,9-10,12-15,17-20H2,1-2H3,(H,32,37)(H,33,36);2*1H/t21-,24+,26-,27+,28+;;/m1../s1. The molecule has 0 aromatic heterocycles. The Morgan fingerprint density at radius 2 is 1.70 bits per heavy atom. The molecule has 7 nitrogen and oxygen atoms in total. The molecule has 1 aromatic rings. The Morgan fingerprint density at radius 1 is 0.950 bits per heavy atom. The molecule has 2 N–H and O–H groups in total. The van der Waals surface area contributed by atoms with E-state index in [9.17, 15) is 14.4 Å². The molecular weight excluding hydrogens is 547 g/mol. The van der Waals surface area contributed by atoms with Crippen molar-refractivity contribution in [2.75, 3.05) is 19.6 Å². The van der Waals surface area contributed by atoms with E-state index in [1.807, 2.05) is 24.8 Å². The summed E-state index contributed by atoms with van der Waals surface area (Å²) in [6, 6.07) is 7.61. The van der Waals surface area contributed by atoms with E-state index < -0.39 is 12.1 Å². The molecule has 5 rings (SSSR count). The second-order valence-corrected chi connectivity index (χ2v) is 12.1. The van der Waals surface area contributed by atoms with Gasteiger partial charge in [0.1, 0.15) is 12.1 Å². The summed E-state index contributed by atoms with van der Waals surface area (Å²) >= 11 is 0. The fraction of sp³-hybridized carbons (Fsp3) is 0.710. The van der Waals surface area contributed by atoms with Crippen LogP contribution >= 0.6 is 24.8 Å². The zero-order valence-corrected chi connectivity index (χ0v) is 25.7. The Labute approximate surface area is 252 Å². The normalized spacial score (nSPS) is 26.2. The third-order valence-corrected chi connectivity index (χ3v) is 9.71. The maximum atomic E-state index is 14.4. The van der Waals surface area contributed by atoms with Crippen molar-refractivity contribution in [1.82, 2.24) is 20.4 Å². The van der Waals surface area contributed by atoms with Crippen LogP contribution in [0.4, 0.5) is 0 Å². The lowest BCUT2D eigenvalue weighted by atomic mass is 9.82. The van der Waals surface area contributed by atoms with Gasteiger partial charge in [-0.15, -0.1) is 24.8 Å². The van der Waals surface area contributed by atoms with E-state index in [-0.39, 0.29) is 60.4 Å². The first-order valence-corrected chi connectivity index (χ1v) is 15.2. The molecule has 0 unspecified atom stereocenters. The molecule has 1 saturated carbocycles. The summed E-state index contributed by atoms with van der Waals surface area (Å²) in [5.41, 5.74) is 2.52. The van der Waals surface area contributed by atoms with Crippen molar-refractivity contribution in [2.45, 2.75) is 109 Å². The van der Waals surface area contributed by atoms with Crippen molar-refractivity contribution < 1.29 is 14.4 Å². The van der Waals surface area contributed by atoms with Crippen LogP contribution in [0.15, 0.2) is 24.3 Å². The van der Waals surface area contributed by atoms with Gasteiger partial charge in [-0.2, -0.15) is 0 Å². The highest BCUT2D eigenvalue weighted by Crippen LogP contribution is 2.33. The fourth-order valence-corrected chi connectivity index (χ4v) is 7.17. The summed E-state index contributed by atoms with van der Waals surface area (Å²) in [6.45, 7) is 6.06. The summed E-state index contributed by atoms with van der Waals surface area (Å²) in [5.74, 6) is -0.146. The third kappa shape index (κ3) is 7.14. The van der Waals surface area contributed by atoms with Gasteiger partial charge in [-0.05, 0) is 75.0 Å². The van der Waals surface area contributed by atoms with Crippen molar-refractivity contribution in [2.24, 2.45) is 11.8 Å². The number of rotatable bonds is 7.